The zero-order valence-corrected chi connectivity index (χ0v) is 18.6. The van der Waals surface area contributed by atoms with Crippen molar-refractivity contribution in [3.8, 4) is 11.3 Å². The van der Waals surface area contributed by atoms with Gasteiger partial charge < -0.3 is 14.6 Å². The van der Waals surface area contributed by atoms with Crippen molar-refractivity contribution in [3.05, 3.63) is 36.4 Å². The number of imidazole rings is 1. The van der Waals surface area contributed by atoms with Crippen LogP contribution in [0.15, 0.2) is 30.6 Å². The number of anilines is 1. The molecule has 1 aliphatic heterocycles. The first-order valence-corrected chi connectivity index (χ1v) is 11.5. The third kappa shape index (κ3) is 3.72. The maximum Gasteiger partial charge on any atom is 0.241 e. The first kappa shape index (κ1) is 20.5. The van der Waals surface area contributed by atoms with E-state index in [1.54, 1.807) is 0 Å². The van der Waals surface area contributed by atoms with E-state index in [1.807, 2.05) is 46.6 Å². The number of pyridine rings is 1. The number of morpholine rings is 1. The highest BCUT2D eigenvalue weighted by molar-refractivity contribution is 5.82. The number of halogens is 1. The Balaban J connectivity index is 1.20. The molecule has 0 bridgehead atoms. The molecule has 172 valence electrons. The second-order valence-electron chi connectivity index (χ2n) is 8.79. The predicted molar refractivity (Wildman–Crippen MR) is 123 cm³/mol. The quantitative estimate of drug-likeness (QED) is 0.483. The van der Waals surface area contributed by atoms with Gasteiger partial charge in [0.25, 0.3) is 0 Å². The lowest BCUT2D eigenvalue weighted by Gasteiger charge is -2.44. The van der Waals surface area contributed by atoms with Crippen LogP contribution in [0.1, 0.15) is 18.7 Å². The van der Waals surface area contributed by atoms with Crippen molar-refractivity contribution in [1.82, 2.24) is 34.0 Å². The maximum absolute atomic E-state index is 13.0. The van der Waals surface area contributed by atoms with Crippen LogP contribution in [0, 0.1) is 6.92 Å². The zero-order chi connectivity index (χ0) is 22.4. The van der Waals surface area contributed by atoms with Crippen molar-refractivity contribution >= 4 is 22.6 Å². The summed E-state index contributed by atoms with van der Waals surface area (Å²) in [5, 5.41) is 8.13. The van der Waals surface area contributed by atoms with E-state index < -0.39 is 6.67 Å². The second-order valence-corrected chi connectivity index (χ2v) is 8.79. The lowest BCUT2D eigenvalue weighted by molar-refractivity contribution is -0.00443. The minimum absolute atomic E-state index is 0.251. The lowest BCUT2D eigenvalue weighted by atomic mass is 9.85. The van der Waals surface area contributed by atoms with Gasteiger partial charge in [0.1, 0.15) is 18.0 Å². The fourth-order valence-corrected chi connectivity index (χ4v) is 4.93. The van der Waals surface area contributed by atoms with E-state index in [9.17, 15) is 4.39 Å². The number of hydrogen-bond donors (Lipinski definition) is 1. The smallest absolute Gasteiger partial charge is 0.241 e. The van der Waals surface area contributed by atoms with Gasteiger partial charge in [-0.3, -0.25) is 4.90 Å². The summed E-state index contributed by atoms with van der Waals surface area (Å²) >= 11 is 0. The zero-order valence-electron chi connectivity index (χ0n) is 18.6. The van der Waals surface area contributed by atoms with Crippen LogP contribution in [-0.4, -0.2) is 79.1 Å². The summed E-state index contributed by atoms with van der Waals surface area (Å²) in [6.45, 7) is 5.40. The highest BCUT2D eigenvalue weighted by Gasteiger charge is 2.34. The third-order valence-corrected chi connectivity index (χ3v) is 6.79. The Morgan fingerprint density at radius 3 is 2.82 bits per heavy atom. The molecular weight excluding hydrogens is 423 g/mol. The third-order valence-electron chi connectivity index (χ3n) is 6.79. The van der Waals surface area contributed by atoms with E-state index in [4.69, 9.17) is 9.72 Å². The molecule has 2 fully saturated rings. The molecule has 0 spiro atoms. The van der Waals surface area contributed by atoms with Crippen LogP contribution in [0.4, 0.5) is 10.3 Å². The number of fused-ring (bicyclic) bond motifs is 2. The number of nitrogens with one attached hydrogen (secondary N) is 1. The average molecular weight is 451 g/mol. The molecule has 0 aromatic carbocycles. The molecule has 1 saturated carbocycles. The van der Waals surface area contributed by atoms with Gasteiger partial charge in [0.15, 0.2) is 5.65 Å². The Bertz CT molecular complexity index is 1290. The van der Waals surface area contributed by atoms with Gasteiger partial charge in [0.2, 0.25) is 5.95 Å². The highest BCUT2D eigenvalue weighted by Crippen LogP contribution is 2.29. The van der Waals surface area contributed by atoms with Crippen LogP contribution < -0.4 is 5.32 Å². The van der Waals surface area contributed by atoms with Crippen LogP contribution in [-0.2, 0) is 11.3 Å². The molecule has 1 saturated heterocycles. The topological polar surface area (TPSA) is 85.4 Å². The molecular formula is C23H27FN8O. The molecule has 2 aliphatic rings. The Kier molecular flexibility index (Phi) is 5.18. The predicted octanol–water partition coefficient (Wildman–Crippen LogP) is 2.69. The monoisotopic (exact) mass is 450 g/mol. The van der Waals surface area contributed by atoms with Gasteiger partial charge in [-0.15, -0.1) is 5.10 Å². The first-order valence-electron chi connectivity index (χ1n) is 11.5. The van der Waals surface area contributed by atoms with Crippen molar-refractivity contribution in [2.45, 2.75) is 38.4 Å². The fraction of sp³-hybridized carbons (Fsp3) is 0.478. The largest absolute Gasteiger partial charge is 0.379 e. The summed E-state index contributed by atoms with van der Waals surface area (Å²) in [7, 11) is 0. The van der Waals surface area contributed by atoms with Gasteiger partial charge in [-0.2, -0.15) is 0 Å². The summed E-state index contributed by atoms with van der Waals surface area (Å²) in [6, 6.07) is 6.89. The number of alkyl halides is 1. The van der Waals surface area contributed by atoms with Gasteiger partial charge in [-0.1, -0.05) is 0 Å². The fourth-order valence-electron chi connectivity index (χ4n) is 4.93. The molecule has 1 aliphatic carbocycles. The molecule has 4 aromatic rings. The summed E-state index contributed by atoms with van der Waals surface area (Å²) in [5.74, 6) is 1.40. The molecule has 5 heterocycles. The number of hydrogen-bond acceptors (Lipinski definition) is 7. The number of nitrogens with zero attached hydrogens (tertiary/aromatic N) is 7. The number of ether oxygens (including phenoxy) is 1. The van der Waals surface area contributed by atoms with Crippen molar-refractivity contribution in [2.24, 2.45) is 0 Å². The summed E-state index contributed by atoms with van der Waals surface area (Å²) in [5.41, 5.74) is 4.07. The molecule has 0 atom stereocenters. The van der Waals surface area contributed by atoms with Crippen molar-refractivity contribution in [1.29, 1.82) is 0 Å². The number of rotatable bonds is 6. The van der Waals surface area contributed by atoms with Crippen LogP contribution in [0.3, 0.4) is 0 Å². The van der Waals surface area contributed by atoms with Gasteiger partial charge >= 0.3 is 0 Å². The average Bonchev–Trinajstić information content (AvgIpc) is 3.37. The summed E-state index contributed by atoms with van der Waals surface area (Å²) < 4.78 is 22.1. The van der Waals surface area contributed by atoms with Gasteiger partial charge in [-0.05, 0) is 38.0 Å². The molecule has 4 aromatic heterocycles. The summed E-state index contributed by atoms with van der Waals surface area (Å²) in [6.07, 6.45) is 5.96. The van der Waals surface area contributed by atoms with Gasteiger partial charge in [-0.25, -0.2) is 23.9 Å². The Morgan fingerprint density at radius 2 is 2.00 bits per heavy atom. The molecule has 0 amide bonds. The van der Waals surface area contributed by atoms with E-state index in [-0.39, 0.29) is 6.54 Å². The molecule has 9 nitrogen and oxygen atoms in total. The van der Waals surface area contributed by atoms with E-state index in [1.165, 1.54) is 0 Å². The minimum atomic E-state index is -0.453. The van der Waals surface area contributed by atoms with Gasteiger partial charge in [0.05, 0.1) is 37.2 Å². The molecule has 33 heavy (non-hydrogen) atoms. The maximum atomic E-state index is 13.0. The molecule has 1 N–H and O–H groups in total. The summed E-state index contributed by atoms with van der Waals surface area (Å²) in [4.78, 5) is 16.4. The van der Waals surface area contributed by atoms with E-state index >= 15 is 0 Å². The SMILES string of the molecule is Cc1nc2ccc(-c3ccn4nc(N[C@H]5C[C@@H](N6CCOCC6)C5)ncc34)nc2n1CCF. The minimum Gasteiger partial charge on any atom is -0.379 e. The Hall–Kier alpha value is -3.11. The second kappa shape index (κ2) is 8.35. The van der Waals surface area contributed by atoms with Crippen LogP contribution in [0.5, 0.6) is 0 Å². The van der Waals surface area contributed by atoms with E-state index in [0.717, 1.165) is 67.3 Å². The van der Waals surface area contributed by atoms with Crippen LogP contribution in [0.25, 0.3) is 27.9 Å². The Labute approximate surface area is 190 Å². The molecule has 0 radical (unpaired) electrons. The van der Waals surface area contributed by atoms with Crippen molar-refractivity contribution in [2.75, 3.05) is 38.3 Å². The van der Waals surface area contributed by atoms with E-state index in [0.29, 0.717) is 23.7 Å². The number of aryl methyl sites for hydroxylation is 2. The van der Waals surface area contributed by atoms with E-state index in [2.05, 4.69) is 25.3 Å². The normalized spacial score (nSPS) is 21.5. The van der Waals surface area contributed by atoms with Crippen molar-refractivity contribution in [3.63, 3.8) is 0 Å². The Morgan fingerprint density at radius 1 is 1.15 bits per heavy atom. The van der Waals surface area contributed by atoms with Crippen LogP contribution in [0.2, 0.25) is 0 Å². The standard InChI is InChI=1S/C23H27FN8O/c1-15-26-20-3-2-19(28-22(20)31(15)7-5-24)18-4-6-32-21(18)14-25-23(29-32)27-16-12-17(13-16)30-8-10-33-11-9-30/h2-4,6,14,16-17H,5,7-13H2,1H3,(H,27,29)/t16-,17+. The molecule has 10 heteroatoms. The van der Waals surface area contributed by atoms with Crippen LogP contribution >= 0.6 is 0 Å². The molecule has 0 unspecified atom stereocenters. The first-order chi connectivity index (χ1) is 16.2. The lowest BCUT2D eigenvalue weighted by Crippen LogP contribution is -2.53. The van der Waals surface area contributed by atoms with Gasteiger partial charge in [0, 0.05) is 36.9 Å². The molecule has 6 rings (SSSR count). The number of aromatic nitrogens is 6. The highest BCUT2D eigenvalue weighted by atomic mass is 19.1. The van der Waals surface area contributed by atoms with Crippen molar-refractivity contribution < 1.29 is 9.13 Å².